The zero-order valence-electron chi connectivity index (χ0n) is 12.3. The van der Waals surface area contributed by atoms with Crippen LogP contribution in [-0.2, 0) is 9.53 Å². The average Bonchev–Trinajstić information content (AvgIpc) is 2.45. The lowest BCUT2D eigenvalue weighted by atomic mass is 10.2. The topological polar surface area (TPSA) is 55.4 Å². The van der Waals surface area contributed by atoms with Crippen molar-refractivity contribution in [1.82, 2.24) is 0 Å². The van der Waals surface area contributed by atoms with E-state index in [1.807, 2.05) is 13.8 Å². The highest BCUT2D eigenvalue weighted by Gasteiger charge is 2.08. The summed E-state index contributed by atoms with van der Waals surface area (Å²) in [5.41, 5.74) is 1.10. The predicted molar refractivity (Wildman–Crippen MR) is 79.8 cm³/mol. The first-order valence-electron chi connectivity index (χ1n) is 7.24. The third-order valence-electron chi connectivity index (χ3n) is 2.87. The van der Waals surface area contributed by atoms with Gasteiger partial charge in [-0.15, -0.1) is 0 Å². The summed E-state index contributed by atoms with van der Waals surface area (Å²) in [5, 5.41) is 2.79. The molecule has 0 heterocycles. The number of esters is 1. The van der Waals surface area contributed by atoms with Crippen LogP contribution < -0.4 is 5.32 Å². The molecule has 1 aromatic carbocycles. The Bertz CT molecular complexity index is 443. The maximum Gasteiger partial charge on any atom is 0.338 e. The molecule has 0 fully saturated rings. The molecule has 0 bridgehead atoms. The number of benzene rings is 1. The highest BCUT2D eigenvalue weighted by molar-refractivity contribution is 5.94. The van der Waals surface area contributed by atoms with Crippen molar-refractivity contribution >= 4 is 17.6 Å². The molecule has 0 unspecified atom stereocenters. The fourth-order valence-electron chi connectivity index (χ4n) is 1.68. The minimum atomic E-state index is -0.344. The number of carbonyl (C=O) groups is 2. The van der Waals surface area contributed by atoms with E-state index in [1.54, 1.807) is 24.3 Å². The molecule has 0 saturated carbocycles. The molecular weight excluding hydrogens is 254 g/mol. The standard InChI is InChI=1S/C16H23NO3/c1-3-5-10-15(18)17-14-9-7-8-13(12-14)16(19)20-11-6-4-2/h7-9,12H,3-6,10-11H2,1-2H3,(H,17,18). The number of rotatable bonds is 8. The number of carbonyl (C=O) groups excluding carboxylic acids is 2. The van der Waals surface area contributed by atoms with E-state index in [0.717, 1.165) is 25.7 Å². The van der Waals surface area contributed by atoms with Gasteiger partial charge in [0.15, 0.2) is 0 Å². The van der Waals surface area contributed by atoms with Crippen LogP contribution >= 0.6 is 0 Å². The first kappa shape index (κ1) is 16.2. The van der Waals surface area contributed by atoms with E-state index < -0.39 is 0 Å². The van der Waals surface area contributed by atoms with E-state index in [1.165, 1.54) is 0 Å². The fraction of sp³-hybridized carbons (Fsp3) is 0.500. The summed E-state index contributed by atoms with van der Waals surface area (Å²) in [5.74, 6) is -0.369. The molecule has 1 aromatic rings. The SMILES string of the molecule is CCCCOC(=O)c1cccc(NC(=O)CCCC)c1. The average molecular weight is 277 g/mol. The molecule has 1 amide bonds. The Kier molecular flexibility index (Phi) is 7.40. The Hall–Kier alpha value is -1.84. The number of anilines is 1. The van der Waals surface area contributed by atoms with Crippen molar-refractivity contribution in [2.45, 2.75) is 46.0 Å². The van der Waals surface area contributed by atoms with Crippen molar-refractivity contribution in [1.29, 1.82) is 0 Å². The lowest BCUT2D eigenvalue weighted by molar-refractivity contribution is -0.116. The summed E-state index contributed by atoms with van der Waals surface area (Å²) in [6, 6.07) is 6.85. The van der Waals surface area contributed by atoms with Crippen LogP contribution in [0.3, 0.4) is 0 Å². The molecule has 0 saturated heterocycles. The molecule has 1 rings (SSSR count). The Balaban J connectivity index is 2.56. The smallest absolute Gasteiger partial charge is 0.338 e. The minimum Gasteiger partial charge on any atom is -0.462 e. The number of nitrogens with one attached hydrogen (secondary N) is 1. The zero-order chi connectivity index (χ0) is 14.8. The van der Waals surface area contributed by atoms with Crippen molar-refractivity contribution in [2.75, 3.05) is 11.9 Å². The van der Waals surface area contributed by atoms with Crippen molar-refractivity contribution in [2.24, 2.45) is 0 Å². The van der Waals surface area contributed by atoms with Gasteiger partial charge in [0.05, 0.1) is 12.2 Å². The summed E-state index contributed by atoms with van der Waals surface area (Å²) < 4.78 is 5.14. The van der Waals surface area contributed by atoms with Gasteiger partial charge in [-0.3, -0.25) is 4.79 Å². The van der Waals surface area contributed by atoms with Gasteiger partial charge in [0, 0.05) is 12.1 Å². The summed E-state index contributed by atoms with van der Waals surface area (Å²) in [7, 11) is 0. The van der Waals surface area contributed by atoms with Crippen LogP contribution in [0.5, 0.6) is 0 Å². The van der Waals surface area contributed by atoms with Crippen LogP contribution in [0.15, 0.2) is 24.3 Å². The fourth-order valence-corrected chi connectivity index (χ4v) is 1.68. The van der Waals surface area contributed by atoms with Crippen LogP contribution in [0.2, 0.25) is 0 Å². The van der Waals surface area contributed by atoms with Gasteiger partial charge in [-0.25, -0.2) is 4.79 Å². The van der Waals surface area contributed by atoms with E-state index in [9.17, 15) is 9.59 Å². The summed E-state index contributed by atoms with van der Waals surface area (Å²) in [6.07, 6.45) is 4.20. The quantitative estimate of drug-likeness (QED) is 0.581. The van der Waals surface area contributed by atoms with E-state index in [4.69, 9.17) is 4.74 Å². The first-order chi connectivity index (χ1) is 9.67. The van der Waals surface area contributed by atoms with Gasteiger partial charge in [0.1, 0.15) is 0 Å². The lowest BCUT2D eigenvalue weighted by Gasteiger charge is -2.07. The maximum absolute atomic E-state index is 11.8. The molecule has 4 nitrogen and oxygen atoms in total. The van der Waals surface area contributed by atoms with Crippen LogP contribution in [0.4, 0.5) is 5.69 Å². The van der Waals surface area contributed by atoms with Gasteiger partial charge in [0.25, 0.3) is 0 Å². The summed E-state index contributed by atoms with van der Waals surface area (Å²) in [6.45, 7) is 4.52. The number of hydrogen-bond donors (Lipinski definition) is 1. The molecule has 20 heavy (non-hydrogen) atoms. The number of amides is 1. The Labute approximate surface area is 120 Å². The van der Waals surface area contributed by atoms with Crippen molar-refractivity contribution in [3.05, 3.63) is 29.8 Å². The minimum absolute atomic E-state index is 0.0247. The van der Waals surface area contributed by atoms with Crippen LogP contribution in [-0.4, -0.2) is 18.5 Å². The van der Waals surface area contributed by atoms with E-state index in [2.05, 4.69) is 5.32 Å². The van der Waals surface area contributed by atoms with E-state index >= 15 is 0 Å². The van der Waals surface area contributed by atoms with E-state index in [0.29, 0.717) is 24.3 Å². The van der Waals surface area contributed by atoms with Gasteiger partial charge in [-0.1, -0.05) is 32.8 Å². The summed E-state index contributed by atoms with van der Waals surface area (Å²) >= 11 is 0. The second kappa shape index (κ2) is 9.13. The predicted octanol–water partition coefficient (Wildman–Crippen LogP) is 3.77. The van der Waals surface area contributed by atoms with Crippen molar-refractivity contribution in [3.8, 4) is 0 Å². The molecule has 0 atom stereocenters. The molecular formula is C16H23NO3. The Morgan fingerprint density at radius 1 is 1.15 bits per heavy atom. The van der Waals surface area contributed by atoms with Gasteiger partial charge < -0.3 is 10.1 Å². The maximum atomic E-state index is 11.8. The molecule has 0 aliphatic carbocycles. The lowest BCUT2D eigenvalue weighted by Crippen LogP contribution is -2.12. The molecule has 0 spiro atoms. The Morgan fingerprint density at radius 2 is 1.90 bits per heavy atom. The second-order valence-electron chi connectivity index (χ2n) is 4.72. The van der Waals surface area contributed by atoms with Gasteiger partial charge >= 0.3 is 5.97 Å². The van der Waals surface area contributed by atoms with Gasteiger partial charge in [-0.05, 0) is 31.0 Å². The number of unbranched alkanes of at least 4 members (excludes halogenated alkanes) is 2. The molecule has 4 heteroatoms. The summed E-state index contributed by atoms with van der Waals surface area (Å²) in [4.78, 5) is 23.4. The molecule has 0 aliphatic heterocycles. The zero-order valence-corrected chi connectivity index (χ0v) is 12.3. The molecule has 1 N–H and O–H groups in total. The Morgan fingerprint density at radius 3 is 2.60 bits per heavy atom. The van der Waals surface area contributed by atoms with Crippen LogP contribution in [0, 0.1) is 0 Å². The monoisotopic (exact) mass is 277 g/mol. The highest BCUT2D eigenvalue weighted by Crippen LogP contribution is 2.13. The molecule has 0 radical (unpaired) electrons. The number of hydrogen-bond acceptors (Lipinski definition) is 3. The second-order valence-corrected chi connectivity index (χ2v) is 4.72. The molecule has 0 aliphatic rings. The highest BCUT2D eigenvalue weighted by atomic mass is 16.5. The van der Waals surface area contributed by atoms with Gasteiger partial charge in [-0.2, -0.15) is 0 Å². The molecule has 0 aromatic heterocycles. The van der Waals surface area contributed by atoms with E-state index in [-0.39, 0.29) is 11.9 Å². The third kappa shape index (κ3) is 5.87. The van der Waals surface area contributed by atoms with Gasteiger partial charge in [0.2, 0.25) is 5.91 Å². The largest absolute Gasteiger partial charge is 0.462 e. The third-order valence-corrected chi connectivity index (χ3v) is 2.87. The normalized spacial score (nSPS) is 10.1. The van der Waals surface area contributed by atoms with Crippen LogP contribution in [0.25, 0.3) is 0 Å². The number of ether oxygens (including phenoxy) is 1. The molecule has 110 valence electrons. The first-order valence-corrected chi connectivity index (χ1v) is 7.24. The van der Waals surface area contributed by atoms with Crippen molar-refractivity contribution < 1.29 is 14.3 Å². The van der Waals surface area contributed by atoms with Crippen LogP contribution in [0.1, 0.15) is 56.3 Å². The van der Waals surface area contributed by atoms with Crippen molar-refractivity contribution in [3.63, 3.8) is 0 Å².